The average Bonchev–Trinajstić information content (AvgIpc) is 2.75. The second-order valence-electron chi connectivity index (χ2n) is 5.89. The quantitative estimate of drug-likeness (QED) is 0.876. The summed E-state index contributed by atoms with van der Waals surface area (Å²) in [4.78, 5) is -0.175. The normalized spacial score (nSPS) is 14.7. The molecule has 0 saturated carbocycles. The van der Waals surface area contributed by atoms with Crippen LogP contribution in [0.4, 0.5) is 4.39 Å². The van der Waals surface area contributed by atoms with E-state index in [1.54, 1.807) is 26.8 Å². The van der Waals surface area contributed by atoms with Gasteiger partial charge in [-0.2, -0.15) is 0 Å². The first kappa shape index (κ1) is 17.7. The SMILES string of the molecule is Cc1cc(F)cc(S(=O)(=O)NCC(C)(O)c2cc(C)oc2C)c1. The van der Waals surface area contributed by atoms with Crippen LogP contribution in [-0.4, -0.2) is 20.1 Å². The number of aliphatic hydroxyl groups is 1. The number of nitrogens with one attached hydrogen (secondary N) is 1. The summed E-state index contributed by atoms with van der Waals surface area (Å²) in [5.41, 5.74) is -0.441. The van der Waals surface area contributed by atoms with Gasteiger partial charge in [-0.1, -0.05) is 0 Å². The fraction of sp³-hybridized carbons (Fsp3) is 0.375. The van der Waals surface area contributed by atoms with Crippen LogP contribution in [0.5, 0.6) is 0 Å². The first-order valence-corrected chi connectivity index (χ1v) is 8.56. The Bertz CT molecular complexity index is 804. The molecule has 0 amide bonds. The summed E-state index contributed by atoms with van der Waals surface area (Å²) < 4.78 is 45.7. The van der Waals surface area contributed by atoms with Gasteiger partial charge in [0.25, 0.3) is 0 Å². The molecule has 1 unspecified atom stereocenters. The fourth-order valence-electron chi connectivity index (χ4n) is 2.44. The minimum atomic E-state index is -3.93. The van der Waals surface area contributed by atoms with E-state index >= 15 is 0 Å². The molecule has 1 aromatic carbocycles. The minimum absolute atomic E-state index is 0.175. The highest BCUT2D eigenvalue weighted by Crippen LogP contribution is 2.27. The van der Waals surface area contributed by atoms with Crippen LogP contribution in [0.1, 0.15) is 29.6 Å². The Balaban J connectivity index is 2.23. The lowest BCUT2D eigenvalue weighted by atomic mass is 9.97. The van der Waals surface area contributed by atoms with Gasteiger partial charge in [0, 0.05) is 12.1 Å². The molecule has 7 heteroatoms. The third-order valence-corrected chi connectivity index (χ3v) is 4.93. The summed E-state index contributed by atoms with van der Waals surface area (Å²) in [6.45, 7) is 6.28. The lowest BCUT2D eigenvalue weighted by Gasteiger charge is -2.23. The van der Waals surface area contributed by atoms with Gasteiger partial charge in [-0.15, -0.1) is 0 Å². The average molecular weight is 341 g/mol. The summed E-state index contributed by atoms with van der Waals surface area (Å²) >= 11 is 0. The van der Waals surface area contributed by atoms with Gasteiger partial charge in [0.2, 0.25) is 10.0 Å². The Hall–Kier alpha value is -1.70. The molecule has 0 spiro atoms. The smallest absolute Gasteiger partial charge is 0.240 e. The molecule has 0 saturated heterocycles. The van der Waals surface area contributed by atoms with E-state index in [4.69, 9.17) is 4.42 Å². The van der Waals surface area contributed by atoms with Gasteiger partial charge in [0.15, 0.2) is 0 Å². The van der Waals surface area contributed by atoms with Gasteiger partial charge >= 0.3 is 0 Å². The molecule has 2 N–H and O–H groups in total. The number of aryl methyl sites for hydroxylation is 3. The standard InChI is InChI=1S/C16H20FNO4S/c1-10-5-13(17)8-14(6-10)23(20,21)18-9-16(4,19)15-7-11(2)22-12(15)3/h5-8,18-19H,9H2,1-4H3. The number of rotatable bonds is 5. The van der Waals surface area contributed by atoms with Crippen molar-refractivity contribution in [3.63, 3.8) is 0 Å². The van der Waals surface area contributed by atoms with Crippen LogP contribution in [0.3, 0.4) is 0 Å². The molecule has 0 aliphatic rings. The van der Waals surface area contributed by atoms with Gasteiger partial charge in [0.05, 0.1) is 4.90 Å². The Kier molecular flexibility index (Phi) is 4.66. The Morgan fingerprint density at radius 3 is 2.39 bits per heavy atom. The molecule has 2 rings (SSSR count). The first-order chi connectivity index (χ1) is 10.5. The maximum atomic E-state index is 13.4. The van der Waals surface area contributed by atoms with Crippen LogP contribution in [0.2, 0.25) is 0 Å². The first-order valence-electron chi connectivity index (χ1n) is 7.08. The van der Waals surface area contributed by atoms with Crippen molar-refractivity contribution in [3.05, 3.63) is 52.7 Å². The summed E-state index contributed by atoms with van der Waals surface area (Å²) in [5, 5.41) is 10.5. The molecule has 1 aromatic heterocycles. The molecular weight excluding hydrogens is 321 g/mol. The highest BCUT2D eigenvalue weighted by atomic mass is 32.2. The van der Waals surface area contributed by atoms with Crippen LogP contribution < -0.4 is 4.72 Å². The Morgan fingerprint density at radius 2 is 1.87 bits per heavy atom. The van der Waals surface area contributed by atoms with Gasteiger partial charge < -0.3 is 9.52 Å². The highest BCUT2D eigenvalue weighted by molar-refractivity contribution is 7.89. The Morgan fingerprint density at radius 1 is 1.22 bits per heavy atom. The van der Waals surface area contributed by atoms with Crippen molar-refractivity contribution < 1.29 is 22.3 Å². The van der Waals surface area contributed by atoms with Crippen molar-refractivity contribution in [2.24, 2.45) is 0 Å². The van der Waals surface area contributed by atoms with Crippen molar-refractivity contribution in [3.8, 4) is 0 Å². The Labute approximate surface area is 135 Å². The molecule has 2 aromatic rings. The predicted molar refractivity (Wildman–Crippen MR) is 84.1 cm³/mol. The van der Waals surface area contributed by atoms with Crippen molar-refractivity contribution >= 4 is 10.0 Å². The molecule has 1 heterocycles. The number of furan rings is 1. The molecule has 1 atom stereocenters. The van der Waals surface area contributed by atoms with Crippen LogP contribution in [0.15, 0.2) is 33.6 Å². The summed E-state index contributed by atoms with van der Waals surface area (Å²) in [5.74, 6) is 0.521. The van der Waals surface area contributed by atoms with E-state index < -0.39 is 21.4 Å². The lowest BCUT2D eigenvalue weighted by molar-refractivity contribution is 0.0612. The van der Waals surface area contributed by atoms with Crippen LogP contribution >= 0.6 is 0 Å². The van der Waals surface area contributed by atoms with Gasteiger partial charge in [-0.05, 0) is 57.5 Å². The maximum absolute atomic E-state index is 13.4. The largest absolute Gasteiger partial charge is 0.466 e. The molecule has 126 valence electrons. The molecule has 0 radical (unpaired) electrons. The second-order valence-corrected chi connectivity index (χ2v) is 7.66. The molecule has 0 aliphatic heterocycles. The second kappa shape index (κ2) is 6.07. The number of hydrogen-bond acceptors (Lipinski definition) is 4. The predicted octanol–water partition coefficient (Wildman–Crippen LogP) is 2.53. The van der Waals surface area contributed by atoms with Gasteiger partial charge in [0.1, 0.15) is 22.9 Å². The third kappa shape index (κ3) is 3.99. The molecule has 0 bridgehead atoms. The zero-order valence-electron chi connectivity index (χ0n) is 13.5. The minimum Gasteiger partial charge on any atom is -0.466 e. The van der Waals surface area contributed by atoms with E-state index in [2.05, 4.69) is 4.72 Å². The summed E-state index contributed by atoms with van der Waals surface area (Å²) in [7, 11) is -3.93. The number of halogens is 1. The van der Waals surface area contributed by atoms with Gasteiger partial charge in [-0.3, -0.25) is 0 Å². The van der Waals surface area contributed by atoms with Crippen molar-refractivity contribution in [1.82, 2.24) is 4.72 Å². The van der Waals surface area contributed by atoms with Crippen molar-refractivity contribution in [1.29, 1.82) is 0 Å². The third-order valence-electron chi connectivity index (χ3n) is 3.55. The zero-order chi connectivity index (χ0) is 17.4. The number of sulfonamides is 1. The van der Waals surface area contributed by atoms with E-state index in [0.29, 0.717) is 22.6 Å². The molecular formula is C16H20FNO4S. The highest BCUT2D eigenvalue weighted by Gasteiger charge is 2.30. The monoisotopic (exact) mass is 341 g/mol. The summed E-state index contributed by atoms with van der Waals surface area (Å²) in [6, 6.07) is 5.22. The van der Waals surface area contributed by atoms with Crippen molar-refractivity contribution in [2.45, 2.75) is 38.2 Å². The van der Waals surface area contributed by atoms with E-state index in [1.807, 2.05) is 0 Å². The van der Waals surface area contributed by atoms with Crippen molar-refractivity contribution in [2.75, 3.05) is 6.54 Å². The molecule has 0 fully saturated rings. The topological polar surface area (TPSA) is 79.5 Å². The summed E-state index contributed by atoms with van der Waals surface area (Å²) in [6.07, 6.45) is 0. The fourth-order valence-corrected chi connectivity index (χ4v) is 3.68. The van der Waals surface area contributed by atoms with E-state index in [-0.39, 0.29) is 11.4 Å². The van der Waals surface area contributed by atoms with Crippen LogP contribution in [0, 0.1) is 26.6 Å². The van der Waals surface area contributed by atoms with Crippen LogP contribution in [-0.2, 0) is 15.6 Å². The molecule has 23 heavy (non-hydrogen) atoms. The number of hydrogen-bond donors (Lipinski definition) is 2. The zero-order valence-corrected chi connectivity index (χ0v) is 14.3. The molecule has 0 aliphatic carbocycles. The van der Waals surface area contributed by atoms with Gasteiger partial charge in [-0.25, -0.2) is 17.5 Å². The van der Waals surface area contributed by atoms with E-state index in [0.717, 1.165) is 6.07 Å². The van der Waals surface area contributed by atoms with E-state index in [9.17, 15) is 17.9 Å². The van der Waals surface area contributed by atoms with E-state index in [1.165, 1.54) is 19.1 Å². The molecule has 5 nitrogen and oxygen atoms in total. The van der Waals surface area contributed by atoms with Crippen LogP contribution in [0.25, 0.3) is 0 Å². The lowest BCUT2D eigenvalue weighted by Crippen LogP contribution is -2.38. The number of benzene rings is 1. The maximum Gasteiger partial charge on any atom is 0.240 e.